The van der Waals surface area contributed by atoms with Crippen LogP contribution in [0.1, 0.15) is 6.42 Å². The minimum atomic E-state index is -0.484. The molecular weight excluding hydrogens is 399 g/mol. The molecule has 0 spiro atoms. The Morgan fingerprint density at radius 1 is 1.12 bits per heavy atom. The first-order valence-corrected chi connectivity index (χ1v) is 9.82. The number of benzene rings is 2. The third-order valence-corrected chi connectivity index (χ3v) is 6.84. The van der Waals surface area contributed by atoms with Crippen molar-refractivity contribution in [3.63, 3.8) is 0 Å². The molecule has 1 unspecified atom stereocenters. The van der Waals surface area contributed by atoms with Gasteiger partial charge in [-0.05, 0) is 30.3 Å². The largest absolute Gasteiger partial charge is 0.274 e. The molecular formula is C17H10Cl2N2O2S2. The molecule has 3 aromatic rings. The molecule has 4 nitrogen and oxygen atoms in total. The first-order valence-electron chi connectivity index (χ1n) is 7.37. The number of carbonyl (C=O) groups excluding carboxylic acids is 2. The van der Waals surface area contributed by atoms with Crippen LogP contribution >= 0.6 is 46.3 Å². The minimum absolute atomic E-state index is 0.139. The number of anilines is 1. The molecule has 126 valence electrons. The molecule has 1 fully saturated rings. The molecule has 0 bridgehead atoms. The van der Waals surface area contributed by atoms with E-state index in [1.807, 2.05) is 24.3 Å². The summed E-state index contributed by atoms with van der Waals surface area (Å²) >= 11 is 14.8. The highest BCUT2D eigenvalue weighted by Crippen LogP contribution is 2.38. The normalized spacial score (nSPS) is 17.7. The van der Waals surface area contributed by atoms with Gasteiger partial charge in [0.15, 0.2) is 4.34 Å². The number of para-hydroxylation sites is 1. The van der Waals surface area contributed by atoms with E-state index in [2.05, 4.69) is 4.98 Å². The SMILES string of the molecule is O=C1CC(Sc2nc3ccccc3s2)C(=O)N1c1ccc(Cl)c(Cl)c1. The number of thiazole rings is 1. The monoisotopic (exact) mass is 408 g/mol. The number of hydrogen-bond donors (Lipinski definition) is 0. The maximum atomic E-state index is 12.7. The number of halogens is 2. The first kappa shape index (κ1) is 16.8. The number of nitrogens with zero attached hydrogens (tertiary/aromatic N) is 2. The Morgan fingerprint density at radius 3 is 2.68 bits per heavy atom. The van der Waals surface area contributed by atoms with Gasteiger partial charge in [0.05, 0.1) is 25.9 Å². The van der Waals surface area contributed by atoms with Gasteiger partial charge in [0.1, 0.15) is 5.25 Å². The van der Waals surface area contributed by atoms with Crippen LogP contribution in [0.2, 0.25) is 10.0 Å². The van der Waals surface area contributed by atoms with Crippen LogP contribution in [0.3, 0.4) is 0 Å². The molecule has 0 saturated carbocycles. The van der Waals surface area contributed by atoms with Crippen molar-refractivity contribution in [2.24, 2.45) is 0 Å². The predicted molar refractivity (Wildman–Crippen MR) is 103 cm³/mol. The van der Waals surface area contributed by atoms with Gasteiger partial charge in [0.25, 0.3) is 0 Å². The summed E-state index contributed by atoms with van der Waals surface area (Å²) in [5, 5.41) is 0.203. The smallest absolute Gasteiger partial charge is 0.247 e. The number of rotatable bonds is 3. The van der Waals surface area contributed by atoms with Crippen molar-refractivity contribution >= 4 is 74.0 Å². The number of amides is 2. The van der Waals surface area contributed by atoms with Crippen LogP contribution in [0, 0.1) is 0 Å². The Balaban J connectivity index is 1.59. The van der Waals surface area contributed by atoms with Crippen LogP contribution in [-0.2, 0) is 9.59 Å². The molecule has 1 saturated heterocycles. The number of thioether (sulfide) groups is 1. The van der Waals surface area contributed by atoms with Gasteiger partial charge in [-0.2, -0.15) is 0 Å². The average Bonchev–Trinajstić information content (AvgIpc) is 3.11. The summed E-state index contributed by atoms with van der Waals surface area (Å²) in [6, 6.07) is 12.5. The van der Waals surface area contributed by atoms with Crippen LogP contribution in [0.4, 0.5) is 5.69 Å². The molecule has 2 amide bonds. The third kappa shape index (κ3) is 3.15. The van der Waals surface area contributed by atoms with E-state index in [0.29, 0.717) is 15.7 Å². The van der Waals surface area contributed by atoms with Crippen LogP contribution in [0.25, 0.3) is 10.2 Å². The van der Waals surface area contributed by atoms with E-state index >= 15 is 0 Å². The molecule has 4 rings (SSSR count). The Bertz CT molecular complexity index is 972. The zero-order valence-electron chi connectivity index (χ0n) is 12.6. The van der Waals surface area contributed by atoms with Crippen LogP contribution in [-0.4, -0.2) is 22.0 Å². The van der Waals surface area contributed by atoms with Crippen LogP contribution < -0.4 is 4.90 Å². The lowest BCUT2D eigenvalue weighted by Gasteiger charge is -2.15. The van der Waals surface area contributed by atoms with Gasteiger partial charge in [0, 0.05) is 6.42 Å². The van der Waals surface area contributed by atoms with Gasteiger partial charge < -0.3 is 0 Å². The summed E-state index contributed by atoms with van der Waals surface area (Å²) in [5.41, 5.74) is 1.34. The van der Waals surface area contributed by atoms with Gasteiger partial charge >= 0.3 is 0 Å². The van der Waals surface area contributed by atoms with Gasteiger partial charge in [0.2, 0.25) is 11.8 Å². The van der Waals surface area contributed by atoms with Crippen molar-refractivity contribution in [1.82, 2.24) is 4.98 Å². The fourth-order valence-electron chi connectivity index (χ4n) is 2.61. The van der Waals surface area contributed by atoms with E-state index in [0.717, 1.165) is 14.6 Å². The molecule has 2 aromatic carbocycles. The molecule has 1 aliphatic heterocycles. The van der Waals surface area contributed by atoms with E-state index in [1.165, 1.54) is 34.1 Å². The highest BCUT2D eigenvalue weighted by molar-refractivity contribution is 8.02. The van der Waals surface area contributed by atoms with Gasteiger partial charge in [-0.1, -0.05) is 47.1 Å². The van der Waals surface area contributed by atoms with Crippen LogP contribution in [0.5, 0.6) is 0 Å². The second-order valence-corrected chi connectivity index (χ2v) is 8.72. The molecule has 8 heteroatoms. The lowest BCUT2D eigenvalue weighted by atomic mass is 10.3. The fourth-order valence-corrected chi connectivity index (χ4v) is 5.24. The van der Waals surface area contributed by atoms with E-state index in [-0.39, 0.29) is 18.2 Å². The number of aromatic nitrogens is 1. The van der Waals surface area contributed by atoms with Crippen molar-refractivity contribution in [3.05, 3.63) is 52.5 Å². The maximum Gasteiger partial charge on any atom is 0.247 e. The average molecular weight is 409 g/mol. The highest BCUT2D eigenvalue weighted by atomic mass is 35.5. The van der Waals surface area contributed by atoms with Crippen molar-refractivity contribution < 1.29 is 9.59 Å². The molecule has 25 heavy (non-hydrogen) atoms. The molecule has 0 aliphatic carbocycles. The summed E-state index contributed by atoms with van der Waals surface area (Å²) in [6.07, 6.45) is 0.139. The Hall–Kier alpha value is -1.60. The van der Waals surface area contributed by atoms with Crippen molar-refractivity contribution in [2.75, 3.05) is 4.90 Å². The second-order valence-electron chi connectivity index (χ2n) is 5.42. The third-order valence-electron chi connectivity index (χ3n) is 3.78. The summed E-state index contributed by atoms with van der Waals surface area (Å²) < 4.78 is 1.84. The fraction of sp³-hybridized carbons (Fsp3) is 0.118. The standard InChI is InChI=1S/C17H10Cl2N2O2S2/c18-10-6-5-9(7-11(10)19)21-15(22)8-14(16(21)23)25-17-20-12-3-1-2-4-13(12)24-17/h1-7,14H,8H2. The van der Waals surface area contributed by atoms with E-state index in [9.17, 15) is 9.59 Å². The lowest BCUT2D eigenvalue weighted by molar-refractivity contribution is -0.121. The maximum absolute atomic E-state index is 12.7. The quantitative estimate of drug-likeness (QED) is 0.570. The Labute approximate surface area is 161 Å². The highest BCUT2D eigenvalue weighted by Gasteiger charge is 2.40. The molecule has 1 atom stereocenters. The minimum Gasteiger partial charge on any atom is -0.274 e. The van der Waals surface area contributed by atoms with E-state index < -0.39 is 5.25 Å². The molecule has 1 aliphatic rings. The van der Waals surface area contributed by atoms with Gasteiger partial charge in [-0.25, -0.2) is 9.88 Å². The number of fused-ring (bicyclic) bond motifs is 1. The number of hydrogen-bond acceptors (Lipinski definition) is 5. The zero-order valence-corrected chi connectivity index (χ0v) is 15.8. The number of imide groups is 1. The zero-order chi connectivity index (χ0) is 17.6. The summed E-state index contributed by atoms with van der Waals surface area (Å²) in [7, 11) is 0. The van der Waals surface area contributed by atoms with Crippen molar-refractivity contribution in [2.45, 2.75) is 16.0 Å². The van der Waals surface area contributed by atoms with Crippen molar-refractivity contribution in [1.29, 1.82) is 0 Å². The van der Waals surface area contributed by atoms with Crippen molar-refractivity contribution in [3.8, 4) is 0 Å². The Kier molecular flexibility index (Phi) is 4.45. The van der Waals surface area contributed by atoms with E-state index in [4.69, 9.17) is 23.2 Å². The second kappa shape index (κ2) is 6.61. The van der Waals surface area contributed by atoms with Crippen LogP contribution in [0.15, 0.2) is 46.8 Å². The molecule has 0 N–H and O–H groups in total. The topological polar surface area (TPSA) is 50.3 Å². The lowest BCUT2D eigenvalue weighted by Crippen LogP contribution is -2.31. The van der Waals surface area contributed by atoms with E-state index in [1.54, 1.807) is 12.1 Å². The summed E-state index contributed by atoms with van der Waals surface area (Å²) in [6.45, 7) is 0. The molecule has 1 aromatic heterocycles. The summed E-state index contributed by atoms with van der Waals surface area (Å²) in [5.74, 6) is -0.505. The predicted octanol–water partition coefficient (Wildman–Crippen LogP) is 5.03. The molecule has 2 heterocycles. The number of carbonyl (C=O) groups is 2. The first-order chi connectivity index (χ1) is 12.0. The van der Waals surface area contributed by atoms with Gasteiger partial charge in [-0.15, -0.1) is 11.3 Å². The van der Waals surface area contributed by atoms with Gasteiger partial charge in [-0.3, -0.25) is 9.59 Å². The Morgan fingerprint density at radius 2 is 1.92 bits per heavy atom. The molecule has 0 radical (unpaired) electrons. The summed E-state index contributed by atoms with van der Waals surface area (Å²) in [4.78, 5) is 30.8.